The Morgan fingerprint density at radius 2 is 2.00 bits per heavy atom. The third-order valence-corrected chi connectivity index (χ3v) is 2.79. The highest BCUT2D eigenvalue weighted by Crippen LogP contribution is 2.26. The Balaban J connectivity index is 0.00000220. The third kappa shape index (κ3) is 6.87. The van der Waals surface area contributed by atoms with Gasteiger partial charge in [0.05, 0.1) is 0 Å². The number of ether oxygens (including phenoxy) is 1. The fourth-order valence-electron chi connectivity index (χ4n) is 1.71. The van der Waals surface area contributed by atoms with Crippen LogP contribution in [0.2, 0.25) is 0 Å². The monoisotopic (exact) mass is 415 g/mol. The van der Waals surface area contributed by atoms with E-state index < -0.39 is 6.36 Å². The molecule has 0 saturated heterocycles. The van der Waals surface area contributed by atoms with Crippen LogP contribution < -0.4 is 15.8 Å². The smallest absolute Gasteiger partial charge is 0.406 e. The molecular formula is C13H17F3IN3O. The molecule has 0 spiro atoms. The zero-order valence-electron chi connectivity index (χ0n) is 11.2. The minimum absolute atomic E-state index is 0. The van der Waals surface area contributed by atoms with Crippen molar-refractivity contribution in [3.63, 3.8) is 0 Å². The van der Waals surface area contributed by atoms with Gasteiger partial charge in [-0.25, -0.2) is 0 Å². The predicted molar refractivity (Wildman–Crippen MR) is 84.9 cm³/mol. The van der Waals surface area contributed by atoms with Crippen molar-refractivity contribution >= 4 is 29.9 Å². The van der Waals surface area contributed by atoms with Gasteiger partial charge in [-0.2, -0.15) is 0 Å². The van der Waals surface area contributed by atoms with E-state index in [-0.39, 0.29) is 29.7 Å². The average Bonchev–Trinajstić information content (AvgIpc) is 3.13. The summed E-state index contributed by atoms with van der Waals surface area (Å²) in [6, 6.07) is 6.43. The molecule has 1 aromatic rings. The van der Waals surface area contributed by atoms with Crippen molar-refractivity contribution in [2.75, 3.05) is 6.54 Å². The summed E-state index contributed by atoms with van der Waals surface area (Å²) in [4.78, 5) is 4.08. The maximum Gasteiger partial charge on any atom is 0.573 e. The second kappa shape index (κ2) is 7.71. The molecule has 0 aromatic heterocycles. The minimum Gasteiger partial charge on any atom is -0.406 e. The number of nitrogens with zero attached hydrogens (tertiary/aromatic N) is 1. The van der Waals surface area contributed by atoms with Crippen LogP contribution in [0.25, 0.3) is 0 Å². The van der Waals surface area contributed by atoms with Crippen LogP contribution >= 0.6 is 24.0 Å². The van der Waals surface area contributed by atoms with Crippen molar-refractivity contribution in [2.45, 2.75) is 31.7 Å². The average molecular weight is 415 g/mol. The van der Waals surface area contributed by atoms with Crippen molar-refractivity contribution in [2.24, 2.45) is 10.7 Å². The van der Waals surface area contributed by atoms with Crippen LogP contribution in [0.15, 0.2) is 29.3 Å². The van der Waals surface area contributed by atoms with E-state index in [1.165, 1.54) is 12.1 Å². The molecule has 0 radical (unpaired) electrons. The van der Waals surface area contributed by atoms with Gasteiger partial charge in [0.25, 0.3) is 0 Å². The van der Waals surface area contributed by atoms with E-state index in [9.17, 15) is 13.2 Å². The van der Waals surface area contributed by atoms with Crippen molar-refractivity contribution in [1.29, 1.82) is 0 Å². The molecule has 0 aliphatic heterocycles. The molecule has 1 fully saturated rings. The third-order valence-electron chi connectivity index (χ3n) is 2.79. The summed E-state index contributed by atoms with van der Waals surface area (Å²) in [5.41, 5.74) is 6.10. The molecule has 1 saturated carbocycles. The summed E-state index contributed by atoms with van der Waals surface area (Å²) in [6.45, 7) is 0.309. The van der Waals surface area contributed by atoms with E-state index in [4.69, 9.17) is 5.73 Å². The highest BCUT2D eigenvalue weighted by molar-refractivity contribution is 14.0. The van der Waals surface area contributed by atoms with Crippen molar-refractivity contribution in [3.8, 4) is 5.75 Å². The fraction of sp³-hybridized carbons (Fsp3) is 0.462. The molecule has 21 heavy (non-hydrogen) atoms. The summed E-state index contributed by atoms with van der Waals surface area (Å²) in [5, 5.41) is 3.01. The lowest BCUT2D eigenvalue weighted by atomic mass is 10.1. The Labute approximate surface area is 138 Å². The van der Waals surface area contributed by atoms with Crippen LogP contribution in [0.4, 0.5) is 13.2 Å². The summed E-state index contributed by atoms with van der Waals surface area (Å²) in [5.74, 6) is 0.144. The molecule has 0 amide bonds. The Bertz CT molecular complexity index is 490. The molecule has 8 heteroatoms. The second-order valence-electron chi connectivity index (χ2n) is 4.59. The zero-order chi connectivity index (χ0) is 14.6. The Morgan fingerprint density at radius 3 is 2.62 bits per heavy atom. The largest absolute Gasteiger partial charge is 0.573 e. The lowest BCUT2D eigenvalue weighted by Gasteiger charge is -2.12. The van der Waals surface area contributed by atoms with Crippen molar-refractivity contribution < 1.29 is 17.9 Å². The normalized spacial score (nSPS) is 15.3. The first kappa shape index (κ1) is 17.9. The van der Waals surface area contributed by atoms with E-state index in [0.29, 0.717) is 30.5 Å². The Kier molecular flexibility index (Phi) is 6.56. The fourth-order valence-corrected chi connectivity index (χ4v) is 1.71. The molecule has 0 unspecified atom stereocenters. The number of aliphatic imine (C=N–C) groups is 1. The van der Waals surface area contributed by atoms with Crippen LogP contribution in [-0.2, 0) is 6.42 Å². The number of hydrogen-bond acceptors (Lipinski definition) is 2. The number of guanidine groups is 1. The number of nitrogens with two attached hydrogens (primary N) is 1. The minimum atomic E-state index is -4.69. The lowest BCUT2D eigenvalue weighted by molar-refractivity contribution is -0.274. The predicted octanol–water partition coefficient (Wildman–Crippen LogP) is 2.81. The van der Waals surface area contributed by atoms with Crippen molar-refractivity contribution in [3.05, 3.63) is 29.8 Å². The van der Waals surface area contributed by atoms with Gasteiger partial charge in [-0.1, -0.05) is 18.2 Å². The van der Waals surface area contributed by atoms with Crippen LogP contribution in [0.1, 0.15) is 18.4 Å². The van der Waals surface area contributed by atoms with Crippen LogP contribution in [0, 0.1) is 0 Å². The number of para-hydroxylation sites is 1. The molecule has 3 N–H and O–H groups in total. The highest BCUT2D eigenvalue weighted by atomic mass is 127. The molecule has 0 bridgehead atoms. The first-order valence-corrected chi connectivity index (χ1v) is 6.34. The number of hydrogen-bond donors (Lipinski definition) is 2. The van der Waals surface area contributed by atoms with Gasteiger partial charge in [-0.3, -0.25) is 4.99 Å². The summed E-state index contributed by atoms with van der Waals surface area (Å²) in [6.07, 6.45) is -2.19. The van der Waals surface area contributed by atoms with Crippen LogP contribution in [0.3, 0.4) is 0 Å². The van der Waals surface area contributed by atoms with Gasteiger partial charge in [0.2, 0.25) is 0 Å². The Morgan fingerprint density at radius 1 is 1.33 bits per heavy atom. The zero-order valence-corrected chi connectivity index (χ0v) is 13.5. The molecule has 118 valence electrons. The van der Waals surface area contributed by atoms with Gasteiger partial charge in [0.15, 0.2) is 5.96 Å². The molecule has 0 heterocycles. The topological polar surface area (TPSA) is 59.6 Å². The van der Waals surface area contributed by atoms with Crippen LogP contribution in [-0.4, -0.2) is 24.9 Å². The maximum absolute atomic E-state index is 12.2. The Hall–Kier alpha value is -1.19. The summed E-state index contributed by atoms with van der Waals surface area (Å²) < 4.78 is 40.7. The summed E-state index contributed by atoms with van der Waals surface area (Å²) in [7, 11) is 0. The molecule has 2 rings (SSSR count). The molecule has 4 nitrogen and oxygen atoms in total. The van der Waals surface area contributed by atoms with Gasteiger partial charge in [-0.15, -0.1) is 37.1 Å². The second-order valence-corrected chi connectivity index (χ2v) is 4.59. The van der Waals surface area contributed by atoms with E-state index >= 15 is 0 Å². The number of nitrogens with one attached hydrogen (secondary N) is 1. The first-order valence-electron chi connectivity index (χ1n) is 6.34. The SMILES string of the molecule is I.NC(=NCCc1ccccc1OC(F)(F)F)NC1CC1. The van der Waals surface area contributed by atoms with Gasteiger partial charge in [-0.05, 0) is 30.9 Å². The number of benzene rings is 1. The highest BCUT2D eigenvalue weighted by Gasteiger charge is 2.31. The number of rotatable bonds is 5. The van der Waals surface area contributed by atoms with Crippen molar-refractivity contribution in [1.82, 2.24) is 5.32 Å². The van der Waals surface area contributed by atoms with E-state index in [1.54, 1.807) is 12.1 Å². The number of halogens is 4. The molecule has 1 aromatic carbocycles. The van der Waals surface area contributed by atoms with E-state index in [1.807, 2.05) is 0 Å². The molecule has 1 aliphatic rings. The lowest BCUT2D eigenvalue weighted by Crippen LogP contribution is -2.33. The summed E-state index contributed by atoms with van der Waals surface area (Å²) >= 11 is 0. The van der Waals surface area contributed by atoms with E-state index in [0.717, 1.165) is 12.8 Å². The molecule has 0 atom stereocenters. The van der Waals surface area contributed by atoms with Gasteiger partial charge >= 0.3 is 6.36 Å². The van der Waals surface area contributed by atoms with Gasteiger partial charge < -0.3 is 15.8 Å². The van der Waals surface area contributed by atoms with E-state index in [2.05, 4.69) is 15.0 Å². The van der Waals surface area contributed by atoms with Gasteiger partial charge in [0, 0.05) is 12.6 Å². The first-order chi connectivity index (χ1) is 9.44. The maximum atomic E-state index is 12.2. The number of alkyl halides is 3. The molecule has 1 aliphatic carbocycles. The standard InChI is InChI=1S/C13H16F3N3O.HI/c14-13(15,16)20-11-4-2-1-3-9(11)7-8-18-12(17)19-10-5-6-10;/h1-4,10H,5-8H2,(H3,17,18,19);1H. The van der Waals surface area contributed by atoms with Gasteiger partial charge in [0.1, 0.15) is 5.75 Å². The molecular weight excluding hydrogens is 398 g/mol. The quantitative estimate of drug-likeness (QED) is 0.442. The van der Waals surface area contributed by atoms with Crippen LogP contribution in [0.5, 0.6) is 5.75 Å².